The highest BCUT2D eigenvalue weighted by Crippen LogP contribution is 2.50. The van der Waals surface area contributed by atoms with Crippen LogP contribution in [0.15, 0.2) is 23.1 Å². The first-order valence-electron chi connectivity index (χ1n) is 7.63. The number of hydrogen-bond acceptors (Lipinski definition) is 12. The van der Waals surface area contributed by atoms with E-state index in [1.54, 1.807) is 4.72 Å². The molecule has 0 bridgehead atoms. The maximum Gasteiger partial charge on any atom is 0.529 e. The molecule has 1 atom stereocenters. The molecule has 0 aliphatic rings. The number of sulfonamides is 1. The minimum Gasteiger partial charge on any atom is -0.493 e. The molecule has 0 heterocycles. The van der Waals surface area contributed by atoms with Gasteiger partial charge in [0.25, 0.3) is 0 Å². The van der Waals surface area contributed by atoms with Crippen LogP contribution in [0.5, 0.6) is 11.5 Å². The summed E-state index contributed by atoms with van der Waals surface area (Å²) in [6, 6.07) is 3.05. The lowest BCUT2D eigenvalue weighted by atomic mass is 10.3. The van der Waals surface area contributed by atoms with Crippen molar-refractivity contribution in [3.63, 3.8) is 0 Å². The number of carbonyl (C=O) groups is 1. The zero-order chi connectivity index (χ0) is 23.2. The molecule has 1 aromatic rings. The molecule has 1 rings (SSSR count). The predicted octanol–water partition coefficient (Wildman–Crippen LogP) is 1.58. The van der Waals surface area contributed by atoms with Crippen LogP contribution < -0.4 is 14.0 Å². The second kappa shape index (κ2) is 10.7. The van der Waals surface area contributed by atoms with E-state index in [2.05, 4.69) is 22.6 Å². The Morgan fingerprint density at radius 1 is 0.967 bits per heavy atom. The van der Waals surface area contributed by atoms with Crippen molar-refractivity contribution >= 4 is 31.6 Å². The SMILES string of the molecule is COc1ccc(S(=O)(=O)NC(OP(=O)(OC)OC)C(=O)O)cc1OP(=O)(OC)OC. The van der Waals surface area contributed by atoms with Gasteiger partial charge in [-0.05, 0) is 12.1 Å². The van der Waals surface area contributed by atoms with Gasteiger partial charge in [0.1, 0.15) is 0 Å². The van der Waals surface area contributed by atoms with Crippen LogP contribution in [0.2, 0.25) is 0 Å². The standard InChI is InChI=1S/C13H21NO13P2S/c1-21-10-7-6-9(8-11(10)26-28(17,22-2)23-3)30(19,20)14-12(13(15)16)27-29(18,24-4)25-5/h6-8,12,14H,1-5H3,(H,15,16). The van der Waals surface area contributed by atoms with Crippen molar-refractivity contribution in [2.45, 2.75) is 11.1 Å². The molecule has 30 heavy (non-hydrogen) atoms. The predicted molar refractivity (Wildman–Crippen MR) is 99.7 cm³/mol. The van der Waals surface area contributed by atoms with Crippen molar-refractivity contribution in [3.8, 4) is 11.5 Å². The lowest BCUT2D eigenvalue weighted by Crippen LogP contribution is -2.42. The van der Waals surface area contributed by atoms with Gasteiger partial charge in [-0.3, -0.25) is 22.6 Å². The van der Waals surface area contributed by atoms with Gasteiger partial charge in [0.2, 0.25) is 16.3 Å². The Morgan fingerprint density at radius 2 is 1.50 bits per heavy atom. The number of carboxylic acids is 1. The summed E-state index contributed by atoms with van der Waals surface area (Å²) in [5.74, 6) is -2.21. The molecule has 172 valence electrons. The van der Waals surface area contributed by atoms with E-state index in [1.165, 1.54) is 7.11 Å². The average Bonchev–Trinajstić information content (AvgIpc) is 2.72. The van der Waals surface area contributed by atoms with Crippen LogP contribution >= 0.6 is 15.6 Å². The smallest absolute Gasteiger partial charge is 0.493 e. The molecular weight excluding hydrogens is 472 g/mol. The monoisotopic (exact) mass is 493 g/mol. The fourth-order valence-corrected chi connectivity index (χ4v) is 4.33. The fraction of sp³-hybridized carbons (Fsp3) is 0.462. The van der Waals surface area contributed by atoms with Crippen molar-refractivity contribution in [1.29, 1.82) is 0 Å². The molecule has 0 aromatic heterocycles. The van der Waals surface area contributed by atoms with Gasteiger partial charge in [0, 0.05) is 34.5 Å². The van der Waals surface area contributed by atoms with E-state index in [4.69, 9.17) is 9.26 Å². The Labute approximate surface area is 172 Å². The number of hydrogen-bond donors (Lipinski definition) is 2. The zero-order valence-corrected chi connectivity index (χ0v) is 19.1. The molecule has 1 unspecified atom stereocenters. The highest BCUT2D eigenvalue weighted by atomic mass is 32.2. The minimum absolute atomic E-state index is 0.0300. The molecular formula is C13H21NO13P2S. The Bertz CT molecular complexity index is 934. The summed E-state index contributed by atoms with van der Waals surface area (Å²) in [4.78, 5) is 10.8. The summed E-state index contributed by atoms with van der Waals surface area (Å²) in [5.41, 5.74) is 0. The molecule has 14 nitrogen and oxygen atoms in total. The van der Waals surface area contributed by atoms with Crippen molar-refractivity contribution < 1.29 is 59.3 Å². The van der Waals surface area contributed by atoms with E-state index in [1.807, 2.05) is 0 Å². The maximum atomic E-state index is 12.6. The van der Waals surface area contributed by atoms with Gasteiger partial charge >= 0.3 is 21.6 Å². The number of nitrogens with one attached hydrogen (secondary N) is 1. The van der Waals surface area contributed by atoms with E-state index in [9.17, 15) is 27.4 Å². The molecule has 0 aliphatic carbocycles. The Hall–Kier alpha value is -1.54. The van der Waals surface area contributed by atoms with E-state index < -0.39 is 42.8 Å². The summed E-state index contributed by atoms with van der Waals surface area (Å²) in [5, 5.41) is 9.19. The number of aliphatic carboxylic acids is 1. The molecule has 17 heteroatoms. The first-order chi connectivity index (χ1) is 13.9. The summed E-state index contributed by atoms with van der Waals surface area (Å²) in [6.45, 7) is 0. The third-order valence-electron chi connectivity index (χ3n) is 3.27. The van der Waals surface area contributed by atoms with Crippen molar-refractivity contribution in [1.82, 2.24) is 4.72 Å². The third kappa shape index (κ3) is 6.74. The summed E-state index contributed by atoms with van der Waals surface area (Å²) >= 11 is 0. The molecule has 0 radical (unpaired) electrons. The van der Waals surface area contributed by atoms with Crippen LogP contribution in [-0.4, -0.2) is 61.3 Å². The highest BCUT2D eigenvalue weighted by molar-refractivity contribution is 7.89. The number of phosphoric acid groups is 2. The van der Waals surface area contributed by atoms with Gasteiger partial charge in [0.15, 0.2) is 11.5 Å². The molecule has 0 saturated carbocycles. The Morgan fingerprint density at radius 3 is 1.93 bits per heavy atom. The molecule has 0 spiro atoms. The minimum atomic E-state index is -4.60. The molecule has 1 aromatic carbocycles. The Kier molecular flexibility index (Phi) is 9.42. The molecule has 0 aliphatic heterocycles. The Balaban J connectivity index is 3.31. The quantitative estimate of drug-likeness (QED) is 0.299. The summed E-state index contributed by atoms with van der Waals surface area (Å²) in [7, 11) is -7.90. The number of carboxylic acid groups (broad SMARTS) is 1. The lowest BCUT2D eigenvalue weighted by molar-refractivity contribution is -0.146. The van der Waals surface area contributed by atoms with Gasteiger partial charge < -0.3 is 14.4 Å². The van der Waals surface area contributed by atoms with Crippen molar-refractivity contribution in [2.24, 2.45) is 0 Å². The van der Waals surface area contributed by atoms with Gasteiger partial charge in [0.05, 0.1) is 12.0 Å². The second-order valence-corrected chi connectivity index (χ2v) is 10.3. The highest BCUT2D eigenvalue weighted by Gasteiger charge is 2.36. The van der Waals surface area contributed by atoms with Crippen LogP contribution in [-0.2, 0) is 46.6 Å². The number of phosphoric ester groups is 2. The van der Waals surface area contributed by atoms with Gasteiger partial charge in [-0.25, -0.2) is 22.3 Å². The van der Waals surface area contributed by atoms with Gasteiger partial charge in [-0.1, -0.05) is 0 Å². The number of methoxy groups -OCH3 is 1. The first kappa shape index (κ1) is 26.5. The van der Waals surface area contributed by atoms with E-state index in [0.717, 1.165) is 46.6 Å². The largest absolute Gasteiger partial charge is 0.529 e. The van der Waals surface area contributed by atoms with Crippen LogP contribution in [0, 0.1) is 0 Å². The molecule has 2 N–H and O–H groups in total. The van der Waals surface area contributed by atoms with Crippen molar-refractivity contribution in [2.75, 3.05) is 35.5 Å². The maximum absolute atomic E-state index is 12.6. The van der Waals surface area contributed by atoms with Crippen LogP contribution in [0.4, 0.5) is 0 Å². The zero-order valence-electron chi connectivity index (χ0n) is 16.5. The third-order valence-corrected chi connectivity index (χ3v) is 7.35. The van der Waals surface area contributed by atoms with Gasteiger partial charge in [-0.15, -0.1) is 0 Å². The van der Waals surface area contributed by atoms with E-state index >= 15 is 0 Å². The summed E-state index contributed by atoms with van der Waals surface area (Å²) in [6.07, 6.45) is -2.34. The second-order valence-electron chi connectivity index (χ2n) is 4.97. The van der Waals surface area contributed by atoms with E-state index in [0.29, 0.717) is 0 Å². The number of rotatable bonds is 13. The number of ether oxygens (including phenoxy) is 1. The molecule has 0 amide bonds. The van der Waals surface area contributed by atoms with Crippen LogP contribution in [0.1, 0.15) is 0 Å². The molecule has 0 saturated heterocycles. The fourth-order valence-electron chi connectivity index (χ4n) is 1.78. The lowest BCUT2D eigenvalue weighted by Gasteiger charge is -2.20. The van der Waals surface area contributed by atoms with Gasteiger partial charge in [-0.2, -0.15) is 4.72 Å². The van der Waals surface area contributed by atoms with Crippen LogP contribution in [0.3, 0.4) is 0 Å². The van der Waals surface area contributed by atoms with Crippen LogP contribution in [0.25, 0.3) is 0 Å². The van der Waals surface area contributed by atoms with Crippen molar-refractivity contribution in [3.05, 3.63) is 18.2 Å². The number of benzene rings is 1. The summed E-state index contributed by atoms with van der Waals surface area (Å²) < 4.78 is 83.9. The molecule has 0 fully saturated rings. The van der Waals surface area contributed by atoms with E-state index in [-0.39, 0.29) is 11.5 Å². The average molecular weight is 493 g/mol. The topological polar surface area (TPSA) is 182 Å². The first-order valence-corrected chi connectivity index (χ1v) is 12.0. The normalized spacial score (nSPS) is 13.6.